The summed E-state index contributed by atoms with van der Waals surface area (Å²) in [6, 6.07) is 0. The standard InChI is InChI=1S/C13H19ClN6O/c1-6-5-18-8(7(2)9(6)21-3)4-13(17)10(15)11(14)19-12(16)20-13/h5H,4,15,17H2,1-3H3,(H3,16,19,20). The topological polar surface area (TPSA) is 125 Å². The molecule has 0 radical (unpaired) electrons. The van der Waals surface area contributed by atoms with E-state index in [1.165, 1.54) is 0 Å². The van der Waals surface area contributed by atoms with Crippen LogP contribution >= 0.6 is 11.6 Å². The Kier molecular flexibility index (Phi) is 3.97. The number of pyridine rings is 1. The van der Waals surface area contributed by atoms with E-state index in [0.717, 1.165) is 22.6 Å². The van der Waals surface area contributed by atoms with Crippen LogP contribution in [0, 0.1) is 13.8 Å². The van der Waals surface area contributed by atoms with E-state index >= 15 is 0 Å². The summed E-state index contributed by atoms with van der Waals surface area (Å²) in [6.45, 7) is 3.83. The normalized spacial score (nSPS) is 21.9. The summed E-state index contributed by atoms with van der Waals surface area (Å²) < 4.78 is 5.38. The van der Waals surface area contributed by atoms with Crippen molar-refractivity contribution in [2.75, 3.05) is 7.11 Å². The van der Waals surface area contributed by atoms with Crippen molar-refractivity contribution in [3.63, 3.8) is 0 Å². The highest BCUT2D eigenvalue weighted by Gasteiger charge is 2.35. The second kappa shape index (κ2) is 5.42. The van der Waals surface area contributed by atoms with Gasteiger partial charge >= 0.3 is 0 Å². The Labute approximate surface area is 128 Å². The molecule has 8 heteroatoms. The molecule has 0 saturated heterocycles. The van der Waals surface area contributed by atoms with E-state index < -0.39 is 5.66 Å². The zero-order valence-electron chi connectivity index (χ0n) is 12.2. The van der Waals surface area contributed by atoms with Crippen LogP contribution in [0.1, 0.15) is 16.8 Å². The summed E-state index contributed by atoms with van der Waals surface area (Å²) in [5, 5.41) is 2.82. The summed E-state index contributed by atoms with van der Waals surface area (Å²) in [6.07, 6.45) is 1.99. The fraction of sp³-hybridized carbons (Fsp3) is 0.385. The van der Waals surface area contributed by atoms with Crippen LogP contribution in [0.4, 0.5) is 0 Å². The summed E-state index contributed by atoms with van der Waals surface area (Å²) in [5.41, 5.74) is 19.4. The summed E-state index contributed by atoms with van der Waals surface area (Å²) in [7, 11) is 1.61. The number of hydrogen-bond donors (Lipinski definition) is 4. The van der Waals surface area contributed by atoms with Gasteiger partial charge in [0.25, 0.3) is 0 Å². The molecule has 2 rings (SSSR count). The van der Waals surface area contributed by atoms with Crippen molar-refractivity contribution in [2.45, 2.75) is 25.9 Å². The molecular formula is C13H19ClN6O. The summed E-state index contributed by atoms with van der Waals surface area (Å²) in [5.74, 6) is 0.886. The number of guanidine groups is 1. The summed E-state index contributed by atoms with van der Waals surface area (Å²) >= 11 is 5.99. The molecule has 0 fully saturated rings. The maximum absolute atomic E-state index is 6.26. The third kappa shape index (κ3) is 2.74. The Morgan fingerprint density at radius 1 is 1.38 bits per heavy atom. The van der Waals surface area contributed by atoms with Crippen molar-refractivity contribution in [1.82, 2.24) is 10.3 Å². The van der Waals surface area contributed by atoms with Gasteiger partial charge < -0.3 is 27.3 Å². The van der Waals surface area contributed by atoms with Gasteiger partial charge in [0.15, 0.2) is 11.6 Å². The van der Waals surface area contributed by atoms with Gasteiger partial charge in [-0.3, -0.25) is 4.98 Å². The maximum atomic E-state index is 6.26. The second-order valence-corrected chi connectivity index (χ2v) is 5.37. The first-order valence-corrected chi connectivity index (χ1v) is 6.72. The van der Waals surface area contributed by atoms with Crippen LogP contribution in [0.3, 0.4) is 0 Å². The minimum atomic E-state index is -1.23. The number of ether oxygens (including phenoxy) is 1. The predicted molar refractivity (Wildman–Crippen MR) is 82.7 cm³/mol. The molecule has 0 aromatic carbocycles. The molecule has 7 N–H and O–H groups in total. The molecule has 21 heavy (non-hydrogen) atoms. The van der Waals surface area contributed by atoms with Crippen molar-refractivity contribution >= 4 is 17.6 Å². The van der Waals surface area contributed by atoms with Crippen molar-refractivity contribution in [3.8, 4) is 5.75 Å². The van der Waals surface area contributed by atoms with E-state index in [-0.39, 0.29) is 23.2 Å². The lowest BCUT2D eigenvalue weighted by atomic mass is 9.97. The zero-order valence-corrected chi connectivity index (χ0v) is 13.0. The van der Waals surface area contributed by atoms with Gasteiger partial charge in [-0.1, -0.05) is 11.6 Å². The average molecular weight is 311 g/mol. The molecule has 2 heterocycles. The molecule has 1 aliphatic heterocycles. The first kappa shape index (κ1) is 15.4. The molecule has 0 aliphatic carbocycles. The van der Waals surface area contributed by atoms with Gasteiger partial charge in [-0.25, -0.2) is 4.99 Å². The number of nitrogens with zero attached hydrogens (tertiary/aromatic N) is 2. The predicted octanol–water partition coefficient (Wildman–Crippen LogP) is 0.189. The highest BCUT2D eigenvalue weighted by Crippen LogP contribution is 2.29. The van der Waals surface area contributed by atoms with Crippen LogP contribution in [0.2, 0.25) is 0 Å². The van der Waals surface area contributed by atoms with Crippen molar-refractivity contribution in [1.29, 1.82) is 0 Å². The molecule has 1 aliphatic rings. The number of hydrogen-bond acceptors (Lipinski definition) is 7. The largest absolute Gasteiger partial charge is 0.496 e. The van der Waals surface area contributed by atoms with E-state index in [4.69, 9.17) is 33.5 Å². The number of methoxy groups -OCH3 is 1. The average Bonchev–Trinajstić information content (AvgIpc) is 2.40. The first-order valence-electron chi connectivity index (χ1n) is 6.34. The van der Waals surface area contributed by atoms with Gasteiger partial charge in [0.2, 0.25) is 0 Å². The number of halogens is 1. The van der Waals surface area contributed by atoms with Gasteiger partial charge in [-0.15, -0.1) is 0 Å². The third-order valence-electron chi connectivity index (χ3n) is 3.45. The molecular weight excluding hydrogens is 292 g/mol. The zero-order chi connectivity index (χ0) is 15.8. The van der Waals surface area contributed by atoms with Crippen LogP contribution in [0.15, 0.2) is 22.0 Å². The van der Waals surface area contributed by atoms with E-state index in [2.05, 4.69) is 15.3 Å². The molecule has 0 bridgehead atoms. The molecule has 7 nitrogen and oxygen atoms in total. The van der Waals surface area contributed by atoms with Gasteiger partial charge in [-0.05, 0) is 13.8 Å². The van der Waals surface area contributed by atoms with Crippen molar-refractivity contribution in [3.05, 3.63) is 33.9 Å². The number of aryl methyl sites for hydroxylation is 1. The van der Waals surface area contributed by atoms with Crippen LogP contribution in [-0.2, 0) is 6.42 Å². The molecule has 1 unspecified atom stereocenters. The Morgan fingerprint density at radius 3 is 2.67 bits per heavy atom. The molecule has 0 spiro atoms. The second-order valence-electron chi connectivity index (χ2n) is 5.00. The van der Waals surface area contributed by atoms with E-state index in [1.54, 1.807) is 13.3 Å². The lowest BCUT2D eigenvalue weighted by Gasteiger charge is -2.31. The van der Waals surface area contributed by atoms with Crippen LogP contribution < -0.4 is 27.3 Å². The van der Waals surface area contributed by atoms with Gasteiger partial charge in [0.1, 0.15) is 10.9 Å². The number of nitrogens with one attached hydrogen (secondary N) is 1. The van der Waals surface area contributed by atoms with E-state index in [0.29, 0.717) is 0 Å². The Hall–Kier alpha value is -1.99. The fourth-order valence-electron chi connectivity index (χ4n) is 2.31. The SMILES string of the molecule is COc1c(C)cnc(CC2(N)N=C(N)NC(Cl)=C2N)c1C. The van der Waals surface area contributed by atoms with Crippen LogP contribution in [0.25, 0.3) is 0 Å². The van der Waals surface area contributed by atoms with E-state index in [1.807, 2.05) is 13.8 Å². The molecule has 1 aromatic rings. The lowest BCUT2D eigenvalue weighted by Crippen LogP contribution is -2.53. The van der Waals surface area contributed by atoms with Gasteiger partial charge in [0, 0.05) is 23.7 Å². The van der Waals surface area contributed by atoms with Crippen LogP contribution in [0.5, 0.6) is 5.75 Å². The van der Waals surface area contributed by atoms with Crippen molar-refractivity contribution in [2.24, 2.45) is 22.2 Å². The molecule has 114 valence electrons. The minimum absolute atomic E-state index is 0.119. The summed E-state index contributed by atoms with van der Waals surface area (Å²) in [4.78, 5) is 8.57. The number of nitrogens with two attached hydrogens (primary N) is 3. The molecule has 1 aromatic heterocycles. The quantitative estimate of drug-likeness (QED) is 0.591. The highest BCUT2D eigenvalue weighted by atomic mass is 35.5. The minimum Gasteiger partial charge on any atom is -0.496 e. The molecule has 1 atom stereocenters. The Morgan fingerprint density at radius 2 is 2.05 bits per heavy atom. The van der Waals surface area contributed by atoms with Crippen LogP contribution in [-0.4, -0.2) is 23.7 Å². The monoisotopic (exact) mass is 310 g/mol. The van der Waals surface area contributed by atoms with Crippen molar-refractivity contribution < 1.29 is 4.74 Å². The van der Waals surface area contributed by atoms with Gasteiger partial charge in [0.05, 0.1) is 18.5 Å². The Balaban J connectivity index is 2.44. The van der Waals surface area contributed by atoms with Gasteiger partial charge in [-0.2, -0.15) is 0 Å². The highest BCUT2D eigenvalue weighted by molar-refractivity contribution is 6.31. The number of aromatic nitrogens is 1. The smallest absolute Gasteiger partial charge is 0.196 e. The Bertz CT molecular complexity index is 642. The molecule has 0 saturated carbocycles. The number of aliphatic imine (C=N–C) groups is 1. The first-order chi connectivity index (χ1) is 9.78. The maximum Gasteiger partial charge on any atom is 0.196 e. The molecule has 0 amide bonds. The van der Waals surface area contributed by atoms with E-state index in [9.17, 15) is 0 Å². The lowest BCUT2D eigenvalue weighted by molar-refractivity contribution is 0.405. The number of rotatable bonds is 3. The fourth-order valence-corrected chi connectivity index (χ4v) is 2.57. The third-order valence-corrected chi connectivity index (χ3v) is 3.75.